The molecule has 1 aliphatic heterocycles. The Morgan fingerprint density at radius 3 is 1.73 bits per heavy atom. The first-order valence-corrected chi connectivity index (χ1v) is 18.8. The van der Waals surface area contributed by atoms with E-state index < -0.39 is 0 Å². The lowest BCUT2D eigenvalue weighted by Gasteiger charge is -2.22. The quantitative estimate of drug-likeness (QED) is 0.172. The third-order valence-corrected chi connectivity index (χ3v) is 11.5. The van der Waals surface area contributed by atoms with E-state index in [9.17, 15) is 0 Å². The van der Waals surface area contributed by atoms with E-state index in [1.54, 1.807) is 0 Å². The summed E-state index contributed by atoms with van der Waals surface area (Å²) in [6, 6.07) is 63.7. The fraction of sp³-hybridized carbons (Fsp3) is 0.0408. The molecule has 7 aromatic carbocycles. The van der Waals surface area contributed by atoms with Crippen molar-refractivity contribution < 1.29 is 0 Å². The molecule has 0 radical (unpaired) electrons. The maximum Gasteiger partial charge on any atom is 0.0790 e. The number of hydrogen-bond donors (Lipinski definition) is 0. The largest absolute Gasteiger partial charge is 0.309 e. The number of allylic oxidation sites excluding steroid dienone is 3. The molecule has 2 aromatic heterocycles. The van der Waals surface area contributed by atoms with Gasteiger partial charge < -0.3 is 4.57 Å². The lowest BCUT2D eigenvalue weighted by molar-refractivity contribution is 1.09. The summed E-state index contributed by atoms with van der Waals surface area (Å²) in [6.45, 7) is 0. The van der Waals surface area contributed by atoms with Gasteiger partial charge >= 0.3 is 0 Å². The van der Waals surface area contributed by atoms with E-state index in [4.69, 9.17) is 4.99 Å². The molecule has 0 aliphatic carbocycles. The van der Waals surface area contributed by atoms with Crippen molar-refractivity contribution in [2.45, 2.75) is 12.8 Å². The van der Waals surface area contributed by atoms with Crippen LogP contribution in [0.2, 0.25) is 0 Å². The number of thiophene rings is 1. The molecule has 9 aromatic rings. The predicted octanol–water partition coefficient (Wildman–Crippen LogP) is 13.4. The first-order chi connectivity index (χ1) is 25.8. The molecule has 0 saturated carbocycles. The molecule has 0 bridgehead atoms. The number of aliphatic imine (C=N–C) groups is 1. The van der Waals surface area contributed by atoms with Crippen LogP contribution < -0.4 is 0 Å². The summed E-state index contributed by atoms with van der Waals surface area (Å²) in [6.07, 6.45) is 4.19. The fourth-order valence-corrected chi connectivity index (χ4v) is 9.16. The van der Waals surface area contributed by atoms with Crippen molar-refractivity contribution in [1.29, 1.82) is 0 Å². The van der Waals surface area contributed by atoms with E-state index in [2.05, 4.69) is 187 Å². The Morgan fingerprint density at radius 1 is 0.500 bits per heavy atom. The van der Waals surface area contributed by atoms with Crippen molar-refractivity contribution >= 4 is 75.9 Å². The second-order valence-corrected chi connectivity index (χ2v) is 14.4. The molecule has 0 N–H and O–H groups in total. The van der Waals surface area contributed by atoms with Gasteiger partial charge in [0.1, 0.15) is 0 Å². The van der Waals surface area contributed by atoms with Gasteiger partial charge in [-0.25, -0.2) is 0 Å². The van der Waals surface area contributed by atoms with E-state index in [-0.39, 0.29) is 0 Å². The summed E-state index contributed by atoms with van der Waals surface area (Å²) >= 11 is 1.88. The smallest absolute Gasteiger partial charge is 0.0790 e. The predicted molar refractivity (Wildman–Crippen MR) is 224 cm³/mol. The number of rotatable bonds is 5. The maximum atomic E-state index is 5.72. The molecule has 0 unspecified atom stereocenters. The van der Waals surface area contributed by atoms with Crippen LogP contribution in [-0.4, -0.2) is 10.3 Å². The minimum Gasteiger partial charge on any atom is -0.309 e. The van der Waals surface area contributed by atoms with Crippen LogP contribution in [0.25, 0.3) is 64.5 Å². The molecule has 3 heterocycles. The van der Waals surface area contributed by atoms with Crippen LogP contribution in [0.15, 0.2) is 187 Å². The van der Waals surface area contributed by atoms with Crippen molar-refractivity contribution in [1.82, 2.24) is 4.57 Å². The lowest BCUT2D eigenvalue weighted by atomic mass is 9.86. The van der Waals surface area contributed by atoms with Crippen LogP contribution in [0, 0.1) is 0 Å². The number of hydrogen-bond acceptors (Lipinski definition) is 2. The third-order valence-electron chi connectivity index (χ3n) is 10.3. The van der Waals surface area contributed by atoms with Gasteiger partial charge in [-0.15, -0.1) is 11.3 Å². The number of para-hydroxylation sites is 2. The van der Waals surface area contributed by atoms with Gasteiger partial charge in [-0.1, -0.05) is 152 Å². The SMILES string of the molecule is C1=C(c2ccccc2)/C(c2cc(-n3c4ccccc4c4ccccc43)cc3c2sc2ccccc23)=C(/c2ccccc2)N=C(c2ccccc2)CC1. The van der Waals surface area contributed by atoms with Crippen molar-refractivity contribution in [2.75, 3.05) is 0 Å². The van der Waals surface area contributed by atoms with E-state index in [1.807, 2.05) is 11.3 Å². The van der Waals surface area contributed by atoms with Crippen LogP contribution in [0.1, 0.15) is 35.1 Å². The Hall–Kier alpha value is -6.29. The molecular weight excluding hydrogens is 649 g/mol. The minimum atomic E-state index is 0.851. The van der Waals surface area contributed by atoms with E-state index >= 15 is 0 Å². The van der Waals surface area contributed by atoms with Crippen LogP contribution >= 0.6 is 11.3 Å². The van der Waals surface area contributed by atoms with Crippen molar-refractivity contribution in [3.63, 3.8) is 0 Å². The zero-order valence-corrected chi connectivity index (χ0v) is 29.4. The van der Waals surface area contributed by atoms with E-state index in [0.29, 0.717) is 0 Å². The summed E-state index contributed by atoms with van der Waals surface area (Å²) in [5, 5.41) is 5.05. The summed E-state index contributed by atoms with van der Waals surface area (Å²) in [5.41, 5.74) is 12.7. The number of benzene rings is 7. The van der Waals surface area contributed by atoms with Gasteiger partial charge in [-0.3, -0.25) is 4.99 Å². The molecule has 0 fully saturated rings. The van der Waals surface area contributed by atoms with Crippen LogP contribution in [-0.2, 0) is 0 Å². The van der Waals surface area contributed by atoms with Crippen molar-refractivity contribution in [3.05, 3.63) is 204 Å². The Kier molecular flexibility index (Phi) is 7.51. The molecule has 0 spiro atoms. The average molecular weight is 683 g/mol. The Balaban J connectivity index is 1.39. The molecule has 0 atom stereocenters. The molecule has 0 saturated heterocycles. The fourth-order valence-electron chi connectivity index (χ4n) is 7.95. The summed E-state index contributed by atoms with van der Waals surface area (Å²) in [4.78, 5) is 5.72. The second-order valence-electron chi connectivity index (χ2n) is 13.4. The van der Waals surface area contributed by atoms with Gasteiger partial charge in [0.05, 0.1) is 16.7 Å². The zero-order chi connectivity index (χ0) is 34.4. The van der Waals surface area contributed by atoms with E-state index in [1.165, 1.54) is 58.7 Å². The van der Waals surface area contributed by atoms with Gasteiger partial charge in [0.15, 0.2) is 0 Å². The van der Waals surface area contributed by atoms with Crippen molar-refractivity contribution in [3.8, 4) is 5.69 Å². The normalized spacial score (nSPS) is 15.2. The third kappa shape index (κ3) is 5.13. The highest BCUT2D eigenvalue weighted by Gasteiger charge is 2.25. The highest BCUT2D eigenvalue weighted by Crippen LogP contribution is 2.48. The molecule has 0 amide bonds. The second kappa shape index (κ2) is 12.8. The van der Waals surface area contributed by atoms with Gasteiger partial charge in [0, 0.05) is 59.0 Å². The molecule has 246 valence electrons. The first-order valence-electron chi connectivity index (χ1n) is 17.9. The lowest BCUT2D eigenvalue weighted by Crippen LogP contribution is -2.06. The van der Waals surface area contributed by atoms with Gasteiger partial charge in [0.2, 0.25) is 0 Å². The maximum absolute atomic E-state index is 5.72. The van der Waals surface area contributed by atoms with Crippen LogP contribution in [0.5, 0.6) is 0 Å². The summed E-state index contributed by atoms with van der Waals surface area (Å²) in [5.74, 6) is 0. The van der Waals surface area contributed by atoms with E-state index in [0.717, 1.165) is 46.6 Å². The first kappa shape index (κ1) is 30.5. The monoisotopic (exact) mass is 682 g/mol. The topological polar surface area (TPSA) is 17.3 Å². The molecule has 3 heteroatoms. The Labute approximate surface area is 307 Å². The van der Waals surface area contributed by atoms with Gasteiger partial charge in [-0.2, -0.15) is 0 Å². The molecule has 52 heavy (non-hydrogen) atoms. The average Bonchev–Trinajstić information content (AvgIpc) is 3.75. The summed E-state index contributed by atoms with van der Waals surface area (Å²) in [7, 11) is 0. The number of nitrogens with zero attached hydrogens (tertiary/aromatic N) is 2. The minimum absolute atomic E-state index is 0.851. The molecular formula is C49H34N2S. The highest BCUT2D eigenvalue weighted by molar-refractivity contribution is 7.26. The highest BCUT2D eigenvalue weighted by atomic mass is 32.1. The molecule has 10 rings (SSSR count). The number of fused-ring (bicyclic) bond motifs is 6. The summed E-state index contributed by atoms with van der Waals surface area (Å²) < 4.78 is 5.01. The van der Waals surface area contributed by atoms with Gasteiger partial charge in [-0.05, 0) is 59.9 Å². The molecule has 2 nitrogen and oxygen atoms in total. The number of aromatic nitrogens is 1. The van der Waals surface area contributed by atoms with Crippen LogP contribution in [0.4, 0.5) is 0 Å². The van der Waals surface area contributed by atoms with Crippen molar-refractivity contribution in [2.24, 2.45) is 4.99 Å². The Morgan fingerprint density at radius 2 is 1.06 bits per heavy atom. The van der Waals surface area contributed by atoms with Gasteiger partial charge in [0.25, 0.3) is 0 Å². The van der Waals surface area contributed by atoms with Crippen LogP contribution in [0.3, 0.4) is 0 Å². The standard InChI is InChI=1S/C49H34N2S/c1-4-17-33(18-5-1)37-26-16-27-43(34-19-6-2-7-20-34)50-48(35-21-8-3-9-22-35)47(37)42-32-36(31-41-40-25-12-15-30-46(40)52-49(41)42)51-44-28-13-10-23-38(44)39-24-11-14-29-45(39)51/h1-15,17-26,28-32H,16,27H2/b37-26?,48-47+,50-43?. The zero-order valence-electron chi connectivity index (χ0n) is 28.5. The Bertz CT molecular complexity index is 2820. The molecule has 1 aliphatic rings.